The number of hydrogen-bond acceptors (Lipinski definition) is 3. The van der Waals surface area contributed by atoms with Gasteiger partial charge in [-0.25, -0.2) is 26.3 Å². The van der Waals surface area contributed by atoms with E-state index in [0.29, 0.717) is 5.56 Å². The van der Waals surface area contributed by atoms with Crippen molar-refractivity contribution in [3.05, 3.63) is 88.5 Å². The Hall–Kier alpha value is -3.64. The van der Waals surface area contributed by atoms with Crippen molar-refractivity contribution in [1.82, 2.24) is 0 Å². The summed E-state index contributed by atoms with van der Waals surface area (Å²) in [5.41, 5.74) is -1.64. The average molecular weight is 514 g/mol. The van der Waals surface area contributed by atoms with Crippen molar-refractivity contribution in [2.45, 2.75) is 19.1 Å². The fraction of sp³-hybridized carbons (Fsp3) is 0.182. The lowest BCUT2D eigenvalue weighted by Crippen LogP contribution is -2.33. The van der Waals surface area contributed by atoms with E-state index in [1.807, 2.05) is 0 Å². The molecule has 0 aliphatic rings. The topological polar surface area (TPSA) is 27.7 Å². The lowest BCUT2D eigenvalue weighted by Gasteiger charge is -2.22. The van der Waals surface area contributed by atoms with Gasteiger partial charge in [-0.3, -0.25) is 0 Å². The van der Waals surface area contributed by atoms with Crippen molar-refractivity contribution < 1.29 is 58.1 Å². The molecule has 0 unspecified atom stereocenters. The Labute approximate surface area is 190 Å². The lowest BCUT2D eigenvalue weighted by molar-refractivity contribution is -0.196. The number of ether oxygens (including phenoxy) is 3. The molecule has 0 saturated heterocycles. The molecule has 188 valence electrons. The predicted octanol–water partition coefficient (Wildman–Crippen LogP) is 7.01. The number of alkyl halides is 4. The number of halogens is 10. The number of aryl methyl sites for hydroxylation is 1. The van der Waals surface area contributed by atoms with Crippen LogP contribution in [0.25, 0.3) is 0 Å². The smallest absolute Gasteiger partial charge is 0.433 e. The molecule has 0 saturated carbocycles. The van der Waals surface area contributed by atoms with Crippen LogP contribution >= 0.6 is 0 Å². The molecule has 35 heavy (non-hydrogen) atoms. The summed E-state index contributed by atoms with van der Waals surface area (Å²) in [5, 5.41) is 0. The molecule has 3 rings (SSSR count). The van der Waals surface area contributed by atoms with E-state index < -0.39 is 76.5 Å². The minimum absolute atomic E-state index is 0.00293. The third-order valence-corrected chi connectivity index (χ3v) is 4.26. The van der Waals surface area contributed by atoms with Gasteiger partial charge in [-0.1, -0.05) is 6.07 Å². The van der Waals surface area contributed by atoms with Gasteiger partial charge in [-0.15, -0.1) is 0 Å². The molecule has 0 aliphatic heterocycles. The Bertz CT molecular complexity index is 1200. The van der Waals surface area contributed by atoms with E-state index in [0.717, 1.165) is 12.1 Å². The van der Waals surface area contributed by atoms with Gasteiger partial charge in [0.1, 0.15) is 28.7 Å². The Morgan fingerprint density at radius 3 is 1.71 bits per heavy atom. The molecule has 0 aliphatic carbocycles. The molecule has 0 spiro atoms. The highest BCUT2D eigenvalue weighted by atomic mass is 19.3. The third kappa shape index (κ3) is 6.08. The first kappa shape index (κ1) is 26.0. The summed E-state index contributed by atoms with van der Waals surface area (Å²) in [5.74, 6) is -14.2. The van der Waals surface area contributed by atoms with Gasteiger partial charge in [0.2, 0.25) is 0 Å². The summed E-state index contributed by atoms with van der Waals surface area (Å²) in [6.07, 6.45) is -9.21. The summed E-state index contributed by atoms with van der Waals surface area (Å²) < 4.78 is 151. The van der Waals surface area contributed by atoms with Crippen molar-refractivity contribution in [3.63, 3.8) is 0 Å². The maximum absolute atomic E-state index is 14.3. The van der Waals surface area contributed by atoms with Crippen molar-refractivity contribution in [2.24, 2.45) is 0 Å². The largest absolute Gasteiger partial charge is 0.480 e. The fourth-order valence-corrected chi connectivity index (χ4v) is 2.76. The van der Waals surface area contributed by atoms with E-state index in [9.17, 15) is 43.9 Å². The molecule has 0 bridgehead atoms. The van der Waals surface area contributed by atoms with Crippen LogP contribution in [0.1, 0.15) is 11.1 Å². The van der Waals surface area contributed by atoms with E-state index in [4.69, 9.17) is 0 Å². The number of rotatable bonds is 8. The van der Waals surface area contributed by atoms with Gasteiger partial charge < -0.3 is 14.2 Å². The highest BCUT2D eigenvalue weighted by Gasteiger charge is 2.42. The minimum Gasteiger partial charge on any atom is -0.480 e. The summed E-state index contributed by atoms with van der Waals surface area (Å²) in [7, 11) is 0. The van der Waals surface area contributed by atoms with Gasteiger partial charge in [-0.05, 0) is 24.6 Å². The van der Waals surface area contributed by atoms with Crippen LogP contribution in [0.3, 0.4) is 0 Å². The Kier molecular flexibility index (Phi) is 7.08. The molecule has 0 radical (unpaired) electrons. The van der Waals surface area contributed by atoms with Crippen LogP contribution < -0.4 is 14.2 Å². The molecule has 0 amide bonds. The zero-order valence-electron chi connectivity index (χ0n) is 17.3. The molecule has 3 aromatic carbocycles. The molecular formula is C22H12F10O3. The van der Waals surface area contributed by atoms with Gasteiger partial charge in [0.05, 0.1) is 0 Å². The molecule has 3 nitrogen and oxygen atoms in total. The minimum atomic E-state index is -4.92. The maximum atomic E-state index is 14.3. The predicted molar refractivity (Wildman–Crippen MR) is 99.4 cm³/mol. The first-order valence-corrected chi connectivity index (χ1v) is 9.35. The normalized spacial score (nSPS) is 12.0. The number of hydrogen-bond donors (Lipinski definition) is 0. The molecule has 0 atom stereocenters. The SMILES string of the molecule is Cc1ccc(OCC(F)(F)Oc2cc(F)c(C(F)(F)Oc3cc(F)c(F)c(F)c3)c(F)c2)c(F)c1. The van der Waals surface area contributed by atoms with Crippen LogP contribution in [0.4, 0.5) is 43.9 Å². The molecular weight excluding hydrogens is 502 g/mol. The van der Waals surface area contributed by atoms with Crippen LogP contribution in [0, 0.1) is 41.8 Å². The molecule has 0 N–H and O–H groups in total. The highest BCUT2D eigenvalue weighted by Crippen LogP contribution is 2.38. The van der Waals surface area contributed by atoms with E-state index >= 15 is 0 Å². The Morgan fingerprint density at radius 2 is 1.17 bits per heavy atom. The van der Waals surface area contributed by atoms with Crippen LogP contribution in [0.5, 0.6) is 17.2 Å². The maximum Gasteiger partial charge on any atom is 0.433 e. The van der Waals surface area contributed by atoms with Gasteiger partial charge >= 0.3 is 12.2 Å². The highest BCUT2D eigenvalue weighted by molar-refractivity contribution is 5.34. The summed E-state index contributed by atoms with van der Waals surface area (Å²) >= 11 is 0. The van der Waals surface area contributed by atoms with Crippen LogP contribution in [0.2, 0.25) is 0 Å². The number of benzene rings is 3. The summed E-state index contributed by atoms with van der Waals surface area (Å²) in [6.45, 7) is -0.0823. The van der Waals surface area contributed by atoms with Crippen molar-refractivity contribution in [3.8, 4) is 17.2 Å². The van der Waals surface area contributed by atoms with Gasteiger partial charge in [0.25, 0.3) is 0 Å². The summed E-state index contributed by atoms with van der Waals surface area (Å²) in [6, 6.07) is 3.32. The zero-order chi connectivity index (χ0) is 26.1. The average Bonchev–Trinajstić information content (AvgIpc) is 2.69. The summed E-state index contributed by atoms with van der Waals surface area (Å²) in [4.78, 5) is 0. The van der Waals surface area contributed by atoms with Gasteiger partial charge in [0.15, 0.2) is 35.6 Å². The standard InChI is InChI=1S/C22H12F10O3/c1-10-2-3-18(13(23)4-10)33-9-21(29,30)34-11-5-14(24)19(15(25)6-11)22(31,32)35-12-7-16(26)20(28)17(27)8-12/h2-8H,9H2,1H3. The fourth-order valence-electron chi connectivity index (χ4n) is 2.76. The second-order valence-corrected chi connectivity index (χ2v) is 7.04. The van der Waals surface area contributed by atoms with E-state index in [1.165, 1.54) is 13.0 Å². The van der Waals surface area contributed by atoms with Gasteiger partial charge in [0, 0.05) is 24.3 Å². The van der Waals surface area contributed by atoms with Crippen molar-refractivity contribution >= 4 is 0 Å². The molecule has 0 aromatic heterocycles. The van der Waals surface area contributed by atoms with E-state index in [1.54, 1.807) is 0 Å². The second-order valence-electron chi connectivity index (χ2n) is 7.04. The first-order valence-electron chi connectivity index (χ1n) is 9.35. The van der Waals surface area contributed by atoms with Crippen molar-refractivity contribution in [1.29, 1.82) is 0 Å². The van der Waals surface area contributed by atoms with Crippen molar-refractivity contribution in [2.75, 3.05) is 6.61 Å². The molecule has 0 fully saturated rings. The Morgan fingerprint density at radius 1 is 0.657 bits per heavy atom. The lowest BCUT2D eigenvalue weighted by atomic mass is 10.1. The Balaban J connectivity index is 1.78. The third-order valence-electron chi connectivity index (χ3n) is 4.26. The molecule has 0 heterocycles. The monoisotopic (exact) mass is 514 g/mol. The van der Waals surface area contributed by atoms with Gasteiger partial charge in [-0.2, -0.15) is 17.6 Å². The van der Waals surface area contributed by atoms with Crippen LogP contribution in [0.15, 0.2) is 42.5 Å². The quantitative estimate of drug-likeness (QED) is 0.239. The van der Waals surface area contributed by atoms with Crippen LogP contribution in [-0.4, -0.2) is 12.7 Å². The van der Waals surface area contributed by atoms with E-state index in [-0.39, 0.29) is 24.3 Å². The second kappa shape index (κ2) is 9.55. The first-order chi connectivity index (χ1) is 16.2. The zero-order valence-corrected chi connectivity index (χ0v) is 17.3. The van der Waals surface area contributed by atoms with Crippen LogP contribution in [-0.2, 0) is 6.11 Å². The molecule has 3 aromatic rings. The molecule has 13 heteroatoms. The van der Waals surface area contributed by atoms with E-state index in [2.05, 4.69) is 14.2 Å².